The molecule has 0 aliphatic carbocycles. The molecule has 0 radical (unpaired) electrons. The molecule has 3 rings (SSSR count). The molecule has 8 heteroatoms. The van der Waals surface area contributed by atoms with Gasteiger partial charge in [0.25, 0.3) is 5.91 Å². The lowest BCUT2D eigenvalue weighted by molar-refractivity contribution is -0.136. The van der Waals surface area contributed by atoms with Gasteiger partial charge in [0.05, 0.1) is 24.3 Å². The van der Waals surface area contributed by atoms with E-state index in [0.29, 0.717) is 23.0 Å². The van der Waals surface area contributed by atoms with Gasteiger partial charge in [-0.3, -0.25) is 4.79 Å². The fraction of sp³-hybridized carbons (Fsp3) is 0.353. The molecule has 1 fully saturated rings. The van der Waals surface area contributed by atoms with Crippen LogP contribution >= 0.6 is 11.6 Å². The summed E-state index contributed by atoms with van der Waals surface area (Å²) in [7, 11) is -3.10. The lowest BCUT2D eigenvalue weighted by Gasteiger charge is -2.27. The maximum absolute atomic E-state index is 12.6. The SMILES string of the molecule is O=C(COc1ccc(Cl)cc1)N(Cc1ccco1)C1CCS(=O)(=O)C1. The minimum atomic E-state index is -3.10. The second-order valence-corrected chi connectivity index (χ2v) is 8.57. The molecule has 1 unspecified atom stereocenters. The summed E-state index contributed by atoms with van der Waals surface area (Å²) in [6.45, 7) is 0.0366. The van der Waals surface area contributed by atoms with Gasteiger partial charge >= 0.3 is 0 Å². The lowest BCUT2D eigenvalue weighted by Crippen LogP contribution is -2.43. The van der Waals surface area contributed by atoms with Crippen molar-refractivity contribution < 1.29 is 22.4 Å². The Bertz CT molecular complexity index is 817. The molecule has 25 heavy (non-hydrogen) atoms. The Morgan fingerprint density at radius 3 is 2.64 bits per heavy atom. The smallest absolute Gasteiger partial charge is 0.261 e. The van der Waals surface area contributed by atoms with Crippen LogP contribution in [0, 0.1) is 0 Å². The number of furan rings is 1. The molecule has 1 aliphatic rings. The summed E-state index contributed by atoms with van der Waals surface area (Å²) < 4.78 is 34.4. The maximum Gasteiger partial charge on any atom is 0.261 e. The van der Waals surface area contributed by atoms with Gasteiger partial charge in [-0.05, 0) is 42.8 Å². The molecule has 1 aromatic carbocycles. The quantitative estimate of drug-likeness (QED) is 0.766. The molecule has 2 aromatic rings. The van der Waals surface area contributed by atoms with Gasteiger partial charge in [0.2, 0.25) is 0 Å². The van der Waals surface area contributed by atoms with Crippen molar-refractivity contribution in [3.8, 4) is 5.75 Å². The molecule has 0 saturated carbocycles. The highest BCUT2D eigenvalue weighted by molar-refractivity contribution is 7.91. The van der Waals surface area contributed by atoms with Crippen LogP contribution in [-0.4, -0.2) is 43.4 Å². The van der Waals surface area contributed by atoms with Crippen molar-refractivity contribution in [2.45, 2.75) is 19.0 Å². The highest BCUT2D eigenvalue weighted by Gasteiger charge is 2.35. The van der Waals surface area contributed by atoms with E-state index in [4.69, 9.17) is 20.8 Å². The lowest BCUT2D eigenvalue weighted by atomic mass is 10.2. The summed E-state index contributed by atoms with van der Waals surface area (Å²) in [5, 5.41) is 0.578. The summed E-state index contributed by atoms with van der Waals surface area (Å²) in [5.74, 6) is 0.908. The zero-order valence-electron chi connectivity index (χ0n) is 13.4. The average molecular weight is 384 g/mol. The van der Waals surface area contributed by atoms with E-state index in [-0.39, 0.29) is 36.6 Å². The van der Waals surface area contributed by atoms with E-state index in [2.05, 4.69) is 0 Å². The van der Waals surface area contributed by atoms with Crippen molar-refractivity contribution in [3.05, 3.63) is 53.4 Å². The minimum absolute atomic E-state index is 0.0274. The van der Waals surface area contributed by atoms with Gasteiger partial charge in [0.1, 0.15) is 11.5 Å². The van der Waals surface area contributed by atoms with Crippen molar-refractivity contribution in [2.75, 3.05) is 18.1 Å². The third-order valence-electron chi connectivity index (χ3n) is 4.05. The first kappa shape index (κ1) is 17.8. The zero-order valence-corrected chi connectivity index (χ0v) is 15.0. The first-order valence-electron chi connectivity index (χ1n) is 7.83. The average Bonchev–Trinajstić information content (AvgIpc) is 3.21. The first-order chi connectivity index (χ1) is 11.9. The molecule has 0 spiro atoms. The van der Waals surface area contributed by atoms with Crippen LogP contribution in [0.1, 0.15) is 12.2 Å². The highest BCUT2D eigenvalue weighted by atomic mass is 35.5. The Labute approximate surface area is 151 Å². The number of carbonyl (C=O) groups excluding carboxylic acids is 1. The van der Waals surface area contributed by atoms with Crippen molar-refractivity contribution in [1.82, 2.24) is 4.90 Å². The van der Waals surface area contributed by atoms with E-state index in [9.17, 15) is 13.2 Å². The first-order valence-corrected chi connectivity index (χ1v) is 10.0. The molecule has 1 atom stereocenters. The van der Waals surface area contributed by atoms with Gasteiger partial charge in [-0.2, -0.15) is 0 Å². The number of sulfone groups is 1. The number of carbonyl (C=O) groups is 1. The van der Waals surface area contributed by atoms with Gasteiger partial charge in [0, 0.05) is 11.1 Å². The third-order valence-corrected chi connectivity index (χ3v) is 6.05. The Kier molecular flexibility index (Phi) is 5.34. The van der Waals surface area contributed by atoms with Crippen molar-refractivity contribution in [3.63, 3.8) is 0 Å². The minimum Gasteiger partial charge on any atom is -0.484 e. The molecule has 6 nitrogen and oxygen atoms in total. The van der Waals surface area contributed by atoms with Gasteiger partial charge in [-0.25, -0.2) is 8.42 Å². The van der Waals surface area contributed by atoms with Crippen LogP contribution in [0.3, 0.4) is 0 Å². The van der Waals surface area contributed by atoms with E-state index in [1.807, 2.05) is 0 Å². The second kappa shape index (κ2) is 7.49. The van der Waals surface area contributed by atoms with Crippen LogP contribution in [0.5, 0.6) is 5.75 Å². The number of hydrogen-bond donors (Lipinski definition) is 0. The fourth-order valence-corrected chi connectivity index (χ4v) is 4.63. The Balaban J connectivity index is 1.69. The van der Waals surface area contributed by atoms with Crippen LogP contribution in [0.15, 0.2) is 47.1 Å². The Hall–Kier alpha value is -1.99. The number of hydrogen-bond acceptors (Lipinski definition) is 5. The Morgan fingerprint density at radius 2 is 2.04 bits per heavy atom. The molecular formula is C17H18ClNO5S. The van der Waals surface area contributed by atoms with Crippen LogP contribution in [0.2, 0.25) is 5.02 Å². The number of benzene rings is 1. The summed E-state index contributed by atoms with van der Waals surface area (Å²) in [6, 6.07) is 9.81. The molecule has 1 aliphatic heterocycles. The molecule has 1 aromatic heterocycles. The zero-order chi connectivity index (χ0) is 17.9. The number of rotatable bonds is 6. The fourth-order valence-electron chi connectivity index (χ4n) is 2.77. The topological polar surface area (TPSA) is 76.8 Å². The number of halogens is 1. The van der Waals surface area contributed by atoms with E-state index in [1.165, 1.54) is 11.2 Å². The standard InChI is InChI=1S/C17H18ClNO5S/c18-13-3-5-15(6-4-13)24-11-17(20)19(10-16-2-1-8-23-16)14-7-9-25(21,22)12-14/h1-6,8,14H,7,9-12H2. The van der Waals surface area contributed by atoms with Gasteiger partial charge in [-0.15, -0.1) is 0 Å². The van der Waals surface area contributed by atoms with Gasteiger partial charge in [0.15, 0.2) is 16.4 Å². The summed E-state index contributed by atoms with van der Waals surface area (Å²) in [6.07, 6.45) is 1.95. The third kappa shape index (κ3) is 4.76. The van der Waals surface area contributed by atoms with Crippen LogP contribution in [-0.2, 0) is 21.2 Å². The largest absolute Gasteiger partial charge is 0.484 e. The number of amides is 1. The highest BCUT2D eigenvalue weighted by Crippen LogP contribution is 2.21. The normalized spacial score (nSPS) is 18.8. The number of ether oxygens (including phenoxy) is 1. The van der Waals surface area contributed by atoms with E-state index in [1.54, 1.807) is 36.4 Å². The molecule has 0 bridgehead atoms. The summed E-state index contributed by atoms with van der Waals surface area (Å²) in [4.78, 5) is 14.2. The summed E-state index contributed by atoms with van der Waals surface area (Å²) >= 11 is 5.82. The van der Waals surface area contributed by atoms with E-state index in [0.717, 1.165) is 0 Å². The predicted octanol–water partition coefficient (Wildman–Crippen LogP) is 2.53. The molecule has 134 valence electrons. The maximum atomic E-state index is 12.6. The summed E-state index contributed by atoms with van der Waals surface area (Å²) in [5.41, 5.74) is 0. The Morgan fingerprint density at radius 1 is 1.28 bits per heavy atom. The number of nitrogens with zero attached hydrogens (tertiary/aromatic N) is 1. The molecule has 2 heterocycles. The monoisotopic (exact) mass is 383 g/mol. The van der Waals surface area contributed by atoms with Crippen LogP contribution in [0.4, 0.5) is 0 Å². The second-order valence-electron chi connectivity index (χ2n) is 5.90. The van der Waals surface area contributed by atoms with Gasteiger partial charge in [-0.1, -0.05) is 11.6 Å². The van der Waals surface area contributed by atoms with Gasteiger partial charge < -0.3 is 14.1 Å². The van der Waals surface area contributed by atoms with Crippen molar-refractivity contribution in [2.24, 2.45) is 0 Å². The molecule has 0 N–H and O–H groups in total. The van der Waals surface area contributed by atoms with E-state index < -0.39 is 9.84 Å². The van der Waals surface area contributed by atoms with Crippen molar-refractivity contribution in [1.29, 1.82) is 0 Å². The van der Waals surface area contributed by atoms with Crippen LogP contribution in [0.25, 0.3) is 0 Å². The van der Waals surface area contributed by atoms with E-state index >= 15 is 0 Å². The molecule has 1 saturated heterocycles. The van der Waals surface area contributed by atoms with Crippen LogP contribution < -0.4 is 4.74 Å². The predicted molar refractivity (Wildman–Crippen MR) is 93.3 cm³/mol. The molecule has 1 amide bonds. The van der Waals surface area contributed by atoms with Crippen molar-refractivity contribution >= 4 is 27.3 Å². The molecular weight excluding hydrogens is 366 g/mol.